The zero-order chi connectivity index (χ0) is 24.9. The fourth-order valence-electron chi connectivity index (χ4n) is 5.27. The van der Waals surface area contributed by atoms with E-state index < -0.39 is 0 Å². The highest BCUT2D eigenvalue weighted by Gasteiger charge is 2.31. The van der Waals surface area contributed by atoms with Crippen molar-refractivity contribution < 1.29 is 18.4 Å². The van der Waals surface area contributed by atoms with E-state index >= 15 is 0 Å². The Morgan fingerprint density at radius 2 is 1.83 bits per heavy atom. The largest absolute Gasteiger partial charge is 0.497 e. The normalized spacial score (nSPS) is 20.4. The van der Waals surface area contributed by atoms with Gasteiger partial charge < -0.3 is 24.4 Å². The molecule has 36 heavy (non-hydrogen) atoms. The summed E-state index contributed by atoms with van der Waals surface area (Å²) in [5.41, 5.74) is 2.88. The van der Waals surface area contributed by atoms with Crippen LogP contribution in [0.25, 0.3) is 11.3 Å². The minimum absolute atomic E-state index is 0.227. The molecule has 1 aromatic heterocycles. The van der Waals surface area contributed by atoms with Gasteiger partial charge in [-0.2, -0.15) is 0 Å². The van der Waals surface area contributed by atoms with E-state index in [0.717, 1.165) is 67.5 Å². The first-order valence-electron chi connectivity index (χ1n) is 12.7. The lowest BCUT2D eigenvalue weighted by Gasteiger charge is -2.38. The van der Waals surface area contributed by atoms with E-state index in [4.69, 9.17) is 9.26 Å². The summed E-state index contributed by atoms with van der Waals surface area (Å²) in [6.07, 6.45) is 2.32. The molecule has 8 heteroatoms. The van der Waals surface area contributed by atoms with Crippen molar-refractivity contribution in [3.05, 3.63) is 66.1 Å². The van der Waals surface area contributed by atoms with Crippen LogP contribution in [0.1, 0.15) is 18.5 Å². The molecule has 2 aliphatic heterocycles. The molecule has 0 saturated carbocycles. The summed E-state index contributed by atoms with van der Waals surface area (Å²) in [6.45, 7) is 4.73. The number of rotatable bonds is 7. The average molecular weight is 493 g/mol. The number of piperidine rings is 1. The molecule has 0 radical (unpaired) electrons. The predicted octanol–water partition coefficient (Wildman–Crippen LogP) is 4.00. The molecule has 1 N–H and O–H groups in total. The van der Waals surface area contributed by atoms with Crippen LogP contribution >= 0.6 is 0 Å². The van der Waals surface area contributed by atoms with Crippen molar-refractivity contribution in [1.82, 2.24) is 15.4 Å². The predicted molar refractivity (Wildman–Crippen MR) is 136 cm³/mol. The van der Waals surface area contributed by atoms with E-state index in [1.807, 2.05) is 35.2 Å². The summed E-state index contributed by atoms with van der Waals surface area (Å²) in [4.78, 5) is 17.4. The lowest BCUT2D eigenvalue weighted by atomic mass is 9.81. The highest BCUT2D eigenvalue weighted by molar-refractivity contribution is 5.77. The number of hydrogen-bond donors (Lipinski definition) is 1. The van der Waals surface area contributed by atoms with E-state index in [1.54, 1.807) is 19.2 Å². The Morgan fingerprint density at radius 1 is 1.08 bits per heavy atom. The highest BCUT2D eigenvalue weighted by atomic mass is 19.1. The number of ether oxygens (including phenoxy) is 1. The highest BCUT2D eigenvalue weighted by Crippen LogP contribution is 2.29. The molecule has 2 saturated heterocycles. The minimum Gasteiger partial charge on any atom is -0.497 e. The maximum atomic E-state index is 13.2. The van der Waals surface area contributed by atoms with Crippen molar-refractivity contribution >= 4 is 11.6 Å². The third-order valence-electron chi connectivity index (χ3n) is 7.43. The number of amides is 1. The number of carbonyl (C=O) groups is 1. The lowest BCUT2D eigenvalue weighted by Crippen LogP contribution is -2.50. The molecule has 3 aromatic rings. The molecule has 2 atom stereocenters. The van der Waals surface area contributed by atoms with Gasteiger partial charge in [-0.15, -0.1) is 0 Å². The standard InChI is InChI=1S/C28H33FN4O3/c1-35-26-8-2-20(3-9-26)27-18-24(31-36-27)16-22-19-30-11-10-21(22)17-28(34)33-14-12-32(13-15-33)25-6-4-23(29)5-7-25/h2-9,18,21-22,30H,10-17,19H2,1H3/t21-,22-/m0/s1. The molecular formula is C28H33FN4O3. The molecule has 0 spiro atoms. The summed E-state index contributed by atoms with van der Waals surface area (Å²) in [7, 11) is 1.65. The maximum Gasteiger partial charge on any atom is 0.222 e. The van der Waals surface area contributed by atoms with E-state index in [0.29, 0.717) is 31.3 Å². The fourth-order valence-corrected chi connectivity index (χ4v) is 5.27. The van der Waals surface area contributed by atoms with Gasteiger partial charge in [0.25, 0.3) is 0 Å². The van der Waals surface area contributed by atoms with Gasteiger partial charge in [-0.1, -0.05) is 5.16 Å². The molecule has 0 bridgehead atoms. The second-order valence-electron chi connectivity index (χ2n) is 9.68. The Balaban J connectivity index is 1.16. The third kappa shape index (κ3) is 5.70. The van der Waals surface area contributed by atoms with Crippen molar-refractivity contribution in [2.45, 2.75) is 19.3 Å². The first-order chi connectivity index (χ1) is 17.6. The monoisotopic (exact) mass is 492 g/mol. The van der Waals surface area contributed by atoms with Crippen molar-refractivity contribution in [3.8, 4) is 17.1 Å². The number of hydrogen-bond acceptors (Lipinski definition) is 6. The third-order valence-corrected chi connectivity index (χ3v) is 7.43. The molecule has 0 aliphatic carbocycles. The molecule has 1 amide bonds. The first kappa shape index (κ1) is 24.3. The molecule has 5 rings (SSSR count). The number of piperazine rings is 1. The van der Waals surface area contributed by atoms with Crippen LogP contribution < -0.4 is 15.0 Å². The van der Waals surface area contributed by atoms with E-state index in [9.17, 15) is 9.18 Å². The maximum absolute atomic E-state index is 13.2. The Morgan fingerprint density at radius 3 is 2.56 bits per heavy atom. The molecule has 7 nitrogen and oxygen atoms in total. The molecule has 2 fully saturated rings. The van der Waals surface area contributed by atoms with Crippen LogP contribution in [0.5, 0.6) is 5.75 Å². The number of methoxy groups -OCH3 is 1. The van der Waals surface area contributed by atoms with Gasteiger partial charge in [-0.05, 0) is 86.3 Å². The van der Waals surface area contributed by atoms with Crippen molar-refractivity contribution in [2.24, 2.45) is 11.8 Å². The average Bonchev–Trinajstić information content (AvgIpc) is 3.39. The Bertz CT molecular complexity index is 1140. The van der Waals surface area contributed by atoms with Crippen LogP contribution in [0.4, 0.5) is 10.1 Å². The van der Waals surface area contributed by atoms with Gasteiger partial charge in [0.15, 0.2) is 5.76 Å². The summed E-state index contributed by atoms with van der Waals surface area (Å²) >= 11 is 0. The molecular weight excluding hydrogens is 459 g/mol. The Hall–Kier alpha value is -3.39. The Labute approximate surface area is 211 Å². The number of nitrogens with one attached hydrogen (secondary N) is 1. The van der Waals surface area contributed by atoms with Crippen molar-refractivity contribution in [3.63, 3.8) is 0 Å². The summed E-state index contributed by atoms with van der Waals surface area (Å²) in [6, 6.07) is 16.3. The van der Waals surface area contributed by atoms with Gasteiger partial charge >= 0.3 is 0 Å². The van der Waals surface area contributed by atoms with Crippen LogP contribution in [0, 0.1) is 17.7 Å². The van der Waals surface area contributed by atoms with E-state index in [1.165, 1.54) is 12.1 Å². The van der Waals surface area contributed by atoms with Gasteiger partial charge in [-0.3, -0.25) is 4.79 Å². The number of anilines is 1. The number of nitrogens with zero attached hydrogens (tertiary/aromatic N) is 3. The van der Waals surface area contributed by atoms with Crippen LogP contribution in [0.15, 0.2) is 59.1 Å². The summed E-state index contributed by atoms with van der Waals surface area (Å²) in [5, 5.41) is 7.80. The van der Waals surface area contributed by atoms with Gasteiger partial charge in [0.1, 0.15) is 11.6 Å². The number of carbonyl (C=O) groups excluding carboxylic acids is 1. The lowest BCUT2D eigenvalue weighted by molar-refractivity contribution is -0.133. The molecule has 0 unspecified atom stereocenters. The van der Waals surface area contributed by atoms with Gasteiger partial charge in [0, 0.05) is 49.9 Å². The second kappa shape index (κ2) is 11.1. The van der Waals surface area contributed by atoms with Crippen molar-refractivity contribution in [2.75, 3.05) is 51.3 Å². The summed E-state index contributed by atoms with van der Waals surface area (Å²) < 4.78 is 24.1. The molecule has 190 valence electrons. The topological polar surface area (TPSA) is 70.8 Å². The molecule has 2 aromatic carbocycles. The van der Waals surface area contributed by atoms with Gasteiger partial charge in [0.2, 0.25) is 5.91 Å². The van der Waals surface area contributed by atoms with Gasteiger partial charge in [0.05, 0.1) is 12.8 Å². The minimum atomic E-state index is -0.230. The zero-order valence-corrected chi connectivity index (χ0v) is 20.7. The quantitative estimate of drug-likeness (QED) is 0.538. The van der Waals surface area contributed by atoms with E-state index in [2.05, 4.69) is 15.4 Å². The second-order valence-corrected chi connectivity index (χ2v) is 9.68. The van der Waals surface area contributed by atoms with Crippen LogP contribution in [-0.4, -0.2) is 62.3 Å². The van der Waals surface area contributed by atoms with Crippen LogP contribution in [0.3, 0.4) is 0 Å². The molecule has 3 heterocycles. The van der Waals surface area contributed by atoms with Gasteiger partial charge in [-0.25, -0.2) is 4.39 Å². The first-order valence-corrected chi connectivity index (χ1v) is 12.7. The Kier molecular flexibility index (Phi) is 7.51. The SMILES string of the molecule is COc1ccc(-c2cc(C[C@H]3CNCC[C@H]3CC(=O)N3CCN(c4ccc(F)cc4)CC3)no2)cc1. The fraction of sp³-hybridized carbons (Fsp3) is 0.429. The van der Waals surface area contributed by atoms with E-state index in [-0.39, 0.29) is 11.7 Å². The number of benzene rings is 2. The van der Waals surface area contributed by atoms with Crippen LogP contribution in [-0.2, 0) is 11.2 Å². The summed E-state index contributed by atoms with van der Waals surface area (Å²) in [5.74, 6) is 2.18. The smallest absolute Gasteiger partial charge is 0.222 e. The number of halogens is 1. The zero-order valence-electron chi connectivity index (χ0n) is 20.7. The number of aromatic nitrogens is 1. The van der Waals surface area contributed by atoms with Crippen LogP contribution in [0.2, 0.25) is 0 Å². The molecule has 2 aliphatic rings. The van der Waals surface area contributed by atoms with Crippen molar-refractivity contribution in [1.29, 1.82) is 0 Å².